The number of aliphatic carboxylic acids is 1. The number of carboxylic acid groups (broad SMARTS) is 1. The van der Waals surface area contributed by atoms with Crippen molar-refractivity contribution in [1.29, 1.82) is 0 Å². The van der Waals surface area contributed by atoms with Gasteiger partial charge >= 0.3 is 5.97 Å². The number of hydrogen-bond acceptors (Lipinski definition) is 6. The molecule has 0 aromatic carbocycles. The Hall–Kier alpha value is -1.15. The van der Waals surface area contributed by atoms with Gasteiger partial charge in [0.15, 0.2) is 0 Å². The Morgan fingerprint density at radius 3 is 2.84 bits per heavy atom. The van der Waals surface area contributed by atoms with Gasteiger partial charge in [-0.15, -0.1) is 5.10 Å². The third-order valence-corrected chi connectivity index (χ3v) is 3.77. The third kappa shape index (κ3) is 5.56. The number of nitrogens with zero attached hydrogens (tertiary/aromatic N) is 4. The van der Waals surface area contributed by atoms with Crippen molar-refractivity contribution in [3.63, 3.8) is 0 Å². The summed E-state index contributed by atoms with van der Waals surface area (Å²) in [5.41, 5.74) is 0. The van der Waals surface area contributed by atoms with Crippen molar-refractivity contribution < 1.29 is 9.90 Å². The van der Waals surface area contributed by atoms with Crippen LogP contribution in [0.4, 0.5) is 0 Å². The fraction of sp³-hybridized carbons (Fsp3) is 0.818. The minimum absolute atomic E-state index is 0.506. The predicted octanol–water partition coefficient (Wildman–Crippen LogP) is 0.874. The van der Waals surface area contributed by atoms with Crippen LogP contribution in [0.3, 0.4) is 0 Å². The van der Waals surface area contributed by atoms with E-state index in [1.807, 2.05) is 6.92 Å². The Balaban J connectivity index is 2.48. The summed E-state index contributed by atoms with van der Waals surface area (Å²) >= 11 is 1.19. The summed E-state index contributed by atoms with van der Waals surface area (Å²) in [7, 11) is 0. The van der Waals surface area contributed by atoms with Gasteiger partial charge in [0.25, 0.3) is 0 Å². The van der Waals surface area contributed by atoms with Crippen molar-refractivity contribution in [1.82, 2.24) is 25.5 Å². The molecule has 0 bridgehead atoms. The van der Waals surface area contributed by atoms with Gasteiger partial charge in [-0.3, -0.25) is 4.79 Å². The number of tetrazole rings is 1. The van der Waals surface area contributed by atoms with Crippen molar-refractivity contribution in [2.45, 2.75) is 44.1 Å². The summed E-state index contributed by atoms with van der Waals surface area (Å²) in [6.07, 6.45) is 0.540. The van der Waals surface area contributed by atoms with E-state index in [4.69, 9.17) is 5.11 Å². The highest BCUT2D eigenvalue weighted by molar-refractivity contribution is 8.00. The number of rotatable bonds is 9. The van der Waals surface area contributed by atoms with Crippen LogP contribution in [0.2, 0.25) is 0 Å². The number of aromatic nitrogens is 4. The largest absolute Gasteiger partial charge is 0.480 e. The highest BCUT2D eigenvalue weighted by Crippen LogP contribution is 2.22. The minimum Gasteiger partial charge on any atom is -0.480 e. The van der Waals surface area contributed by atoms with Gasteiger partial charge in [0.2, 0.25) is 5.16 Å². The average Bonchev–Trinajstić information content (AvgIpc) is 2.78. The Labute approximate surface area is 117 Å². The molecule has 1 aromatic rings. The maximum absolute atomic E-state index is 11.0. The lowest BCUT2D eigenvalue weighted by atomic mass is 10.2. The maximum Gasteiger partial charge on any atom is 0.317 e. The molecule has 108 valence electrons. The normalized spacial score (nSPS) is 12.8. The van der Waals surface area contributed by atoms with Crippen molar-refractivity contribution >= 4 is 17.7 Å². The number of thioether (sulfide) groups is 1. The summed E-state index contributed by atoms with van der Waals surface area (Å²) in [5.74, 6) is -0.237. The third-order valence-electron chi connectivity index (χ3n) is 2.45. The van der Waals surface area contributed by atoms with Gasteiger partial charge in [-0.2, -0.15) is 0 Å². The van der Waals surface area contributed by atoms with Gasteiger partial charge in [-0.1, -0.05) is 32.5 Å². The number of nitrogens with one attached hydrogen (secondary N) is 1. The molecule has 8 heteroatoms. The van der Waals surface area contributed by atoms with E-state index < -0.39 is 11.2 Å². The number of carboxylic acids is 1. The van der Waals surface area contributed by atoms with Gasteiger partial charge < -0.3 is 10.4 Å². The van der Waals surface area contributed by atoms with Crippen molar-refractivity contribution in [2.24, 2.45) is 5.92 Å². The highest BCUT2D eigenvalue weighted by Gasteiger charge is 2.20. The van der Waals surface area contributed by atoms with Gasteiger partial charge in [-0.25, -0.2) is 4.68 Å². The summed E-state index contributed by atoms with van der Waals surface area (Å²) < 4.78 is 1.64. The minimum atomic E-state index is -0.833. The quantitative estimate of drug-likeness (QED) is 0.514. The summed E-state index contributed by atoms with van der Waals surface area (Å²) in [6, 6.07) is 0. The second-order valence-corrected chi connectivity index (χ2v) is 5.81. The van der Waals surface area contributed by atoms with Gasteiger partial charge in [0.05, 0.1) is 6.54 Å². The van der Waals surface area contributed by atoms with Crippen LogP contribution in [0.25, 0.3) is 0 Å². The molecule has 1 heterocycles. The first-order valence-corrected chi connectivity index (χ1v) is 7.28. The Morgan fingerprint density at radius 1 is 1.53 bits per heavy atom. The van der Waals surface area contributed by atoms with Crippen molar-refractivity contribution in [3.05, 3.63) is 0 Å². The topological polar surface area (TPSA) is 92.9 Å². The molecule has 0 saturated carbocycles. The van der Waals surface area contributed by atoms with Crippen LogP contribution in [-0.2, 0) is 11.3 Å². The van der Waals surface area contributed by atoms with Crippen LogP contribution >= 0.6 is 11.8 Å². The molecule has 0 aliphatic carbocycles. The molecule has 0 aliphatic heterocycles. The van der Waals surface area contributed by atoms with E-state index in [1.165, 1.54) is 11.8 Å². The molecule has 1 aromatic heterocycles. The van der Waals surface area contributed by atoms with Crippen LogP contribution in [0.1, 0.15) is 27.2 Å². The maximum atomic E-state index is 11.0. The molecular weight excluding hydrogens is 266 g/mol. The molecule has 0 fully saturated rings. The zero-order chi connectivity index (χ0) is 14.3. The molecular formula is C11H21N5O2S. The van der Waals surface area contributed by atoms with Gasteiger partial charge in [0, 0.05) is 6.54 Å². The fourth-order valence-corrected chi connectivity index (χ4v) is 2.29. The van der Waals surface area contributed by atoms with E-state index in [-0.39, 0.29) is 0 Å². The molecule has 0 aliphatic rings. The first-order chi connectivity index (χ1) is 9.04. The van der Waals surface area contributed by atoms with E-state index >= 15 is 0 Å². The van der Waals surface area contributed by atoms with Gasteiger partial charge in [0.1, 0.15) is 5.25 Å². The SMILES string of the molecule is CCC(Sc1nnnn1CCNCC(C)C)C(=O)O. The molecule has 0 saturated heterocycles. The van der Waals surface area contributed by atoms with E-state index in [1.54, 1.807) is 4.68 Å². The zero-order valence-corrected chi connectivity index (χ0v) is 12.4. The van der Waals surface area contributed by atoms with Crippen LogP contribution < -0.4 is 5.32 Å². The molecule has 0 amide bonds. The van der Waals surface area contributed by atoms with Crippen molar-refractivity contribution in [3.8, 4) is 0 Å². The van der Waals surface area contributed by atoms with E-state index in [0.29, 0.717) is 24.0 Å². The standard InChI is InChI=1S/C11H21N5O2S/c1-4-9(10(17)18)19-11-13-14-15-16(11)6-5-12-7-8(2)3/h8-9,12H,4-7H2,1-3H3,(H,17,18). The fourth-order valence-electron chi connectivity index (χ4n) is 1.43. The monoisotopic (exact) mass is 287 g/mol. The van der Waals surface area contributed by atoms with Crippen LogP contribution in [0.5, 0.6) is 0 Å². The Bertz CT molecular complexity index is 396. The number of carbonyl (C=O) groups is 1. The predicted molar refractivity (Wildman–Crippen MR) is 73.1 cm³/mol. The second-order valence-electron chi connectivity index (χ2n) is 4.64. The van der Waals surface area contributed by atoms with Crippen LogP contribution in [-0.4, -0.2) is 49.6 Å². The molecule has 0 radical (unpaired) electrons. The first-order valence-electron chi connectivity index (χ1n) is 6.41. The van der Waals surface area contributed by atoms with Gasteiger partial charge in [-0.05, 0) is 29.3 Å². The van der Waals surface area contributed by atoms with Crippen LogP contribution in [0.15, 0.2) is 5.16 Å². The van der Waals surface area contributed by atoms with Crippen molar-refractivity contribution in [2.75, 3.05) is 13.1 Å². The number of hydrogen-bond donors (Lipinski definition) is 2. The molecule has 1 rings (SSSR count). The summed E-state index contributed by atoms with van der Waals surface area (Å²) in [4.78, 5) is 11.0. The van der Waals surface area contributed by atoms with E-state index in [2.05, 4.69) is 34.7 Å². The molecule has 0 spiro atoms. The lowest BCUT2D eigenvalue weighted by molar-refractivity contribution is -0.136. The second kappa shape index (κ2) is 8.11. The Morgan fingerprint density at radius 2 is 2.26 bits per heavy atom. The lowest BCUT2D eigenvalue weighted by Gasteiger charge is -2.10. The first kappa shape index (κ1) is 15.9. The van der Waals surface area contributed by atoms with E-state index in [9.17, 15) is 4.79 Å². The Kier molecular flexibility index (Phi) is 6.79. The lowest BCUT2D eigenvalue weighted by Crippen LogP contribution is -2.25. The van der Waals surface area contributed by atoms with E-state index in [0.717, 1.165) is 13.1 Å². The molecule has 1 atom stereocenters. The molecule has 19 heavy (non-hydrogen) atoms. The average molecular weight is 287 g/mol. The smallest absolute Gasteiger partial charge is 0.317 e. The molecule has 2 N–H and O–H groups in total. The molecule has 7 nitrogen and oxygen atoms in total. The summed E-state index contributed by atoms with van der Waals surface area (Å²) in [6.45, 7) is 8.47. The summed E-state index contributed by atoms with van der Waals surface area (Å²) in [5, 5.41) is 23.7. The zero-order valence-electron chi connectivity index (χ0n) is 11.5. The van der Waals surface area contributed by atoms with Crippen LogP contribution in [0, 0.1) is 5.92 Å². The molecule has 1 unspecified atom stereocenters. The highest BCUT2D eigenvalue weighted by atomic mass is 32.2.